The molecule has 0 saturated carbocycles. The number of hydrogen-bond acceptors (Lipinski definition) is 3. The lowest BCUT2D eigenvalue weighted by Gasteiger charge is -2.15. The van der Waals surface area contributed by atoms with Crippen molar-refractivity contribution in [2.24, 2.45) is 0 Å². The second-order valence-electron chi connectivity index (χ2n) is 5.65. The molecule has 0 spiro atoms. The molecule has 2 aliphatic heterocycles. The van der Waals surface area contributed by atoms with Crippen LogP contribution < -0.4 is 5.32 Å². The number of nitrogens with zero attached hydrogens (tertiary/aromatic N) is 2. The van der Waals surface area contributed by atoms with Crippen LogP contribution in [0.5, 0.6) is 0 Å². The van der Waals surface area contributed by atoms with E-state index in [2.05, 4.69) is 5.32 Å². The van der Waals surface area contributed by atoms with Crippen molar-refractivity contribution >= 4 is 17.8 Å². The van der Waals surface area contributed by atoms with Crippen molar-refractivity contribution in [1.82, 2.24) is 15.1 Å². The van der Waals surface area contributed by atoms with Crippen LogP contribution in [0.4, 0.5) is 4.79 Å². The minimum absolute atomic E-state index is 0.0787. The summed E-state index contributed by atoms with van der Waals surface area (Å²) in [4.78, 5) is 39.1. The number of carbonyl (C=O) groups is 3. The van der Waals surface area contributed by atoms with Crippen molar-refractivity contribution in [3.8, 4) is 0 Å². The zero-order chi connectivity index (χ0) is 15.7. The molecule has 6 heteroatoms. The van der Waals surface area contributed by atoms with Crippen LogP contribution in [0.25, 0.3) is 0 Å². The van der Waals surface area contributed by atoms with E-state index in [0.717, 1.165) is 18.4 Å². The van der Waals surface area contributed by atoms with Crippen LogP contribution in [0.1, 0.15) is 28.8 Å². The van der Waals surface area contributed by atoms with Crippen molar-refractivity contribution in [3.63, 3.8) is 0 Å². The first kappa shape index (κ1) is 14.6. The molecule has 2 saturated heterocycles. The minimum atomic E-state index is -0.246. The van der Waals surface area contributed by atoms with E-state index in [-0.39, 0.29) is 23.9 Å². The molecule has 4 amide bonds. The fourth-order valence-corrected chi connectivity index (χ4v) is 3.14. The summed E-state index contributed by atoms with van der Waals surface area (Å²) < 4.78 is 0. The standard InChI is InChI=1S/C16H19N3O3/c1-17-14(20)12-5-2-4-11(10-12)7-9-19-15(21)13-6-3-8-18(13)16(19)22/h2,4-5,10,13H,3,6-9H2,1H3,(H,17,20). The number of rotatable bonds is 4. The maximum absolute atomic E-state index is 12.2. The first-order valence-electron chi connectivity index (χ1n) is 7.55. The van der Waals surface area contributed by atoms with Gasteiger partial charge in [0, 0.05) is 25.7 Å². The Morgan fingerprint density at radius 2 is 2.18 bits per heavy atom. The van der Waals surface area contributed by atoms with Crippen LogP contribution >= 0.6 is 0 Å². The molecule has 0 bridgehead atoms. The highest BCUT2D eigenvalue weighted by molar-refractivity contribution is 6.04. The number of benzene rings is 1. The van der Waals surface area contributed by atoms with Crippen molar-refractivity contribution < 1.29 is 14.4 Å². The average Bonchev–Trinajstić information content (AvgIpc) is 3.10. The van der Waals surface area contributed by atoms with Crippen molar-refractivity contribution in [3.05, 3.63) is 35.4 Å². The van der Waals surface area contributed by atoms with Gasteiger partial charge >= 0.3 is 6.03 Å². The van der Waals surface area contributed by atoms with E-state index in [0.29, 0.717) is 25.1 Å². The number of imide groups is 1. The molecule has 2 aliphatic rings. The third kappa shape index (κ3) is 2.45. The zero-order valence-corrected chi connectivity index (χ0v) is 12.5. The Bertz CT molecular complexity index is 607. The third-order valence-corrected chi connectivity index (χ3v) is 4.32. The lowest BCUT2D eigenvalue weighted by Crippen LogP contribution is -2.34. The number of hydrogen-bond donors (Lipinski definition) is 1. The second-order valence-corrected chi connectivity index (χ2v) is 5.65. The SMILES string of the molecule is CNC(=O)c1cccc(CCN2C(=O)C3CCCN3C2=O)c1. The van der Waals surface area contributed by atoms with Gasteiger partial charge in [0.25, 0.3) is 11.8 Å². The monoisotopic (exact) mass is 301 g/mol. The molecule has 1 N–H and O–H groups in total. The second kappa shape index (κ2) is 5.79. The quantitative estimate of drug-likeness (QED) is 0.844. The minimum Gasteiger partial charge on any atom is -0.355 e. The van der Waals surface area contributed by atoms with Crippen LogP contribution in [0, 0.1) is 0 Å². The molecule has 6 nitrogen and oxygen atoms in total. The van der Waals surface area contributed by atoms with Crippen LogP contribution in [0.2, 0.25) is 0 Å². The van der Waals surface area contributed by atoms with Gasteiger partial charge in [-0.1, -0.05) is 12.1 Å². The Morgan fingerprint density at radius 1 is 1.36 bits per heavy atom. The normalized spacial score (nSPS) is 20.5. The first-order valence-corrected chi connectivity index (χ1v) is 7.55. The van der Waals surface area contributed by atoms with Crippen LogP contribution in [-0.2, 0) is 11.2 Å². The molecule has 3 rings (SSSR count). The summed E-state index contributed by atoms with van der Waals surface area (Å²) in [5.74, 6) is -0.222. The molecule has 1 aromatic carbocycles. The molecular weight excluding hydrogens is 282 g/mol. The van der Waals surface area contributed by atoms with Crippen LogP contribution in [0.15, 0.2) is 24.3 Å². The molecule has 2 heterocycles. The topological polar surface area (TPSA) is 69.7 Å². The number of urea groups is 1. The highest BCUT2D eigenvalue weighted by atomic mass is 16.2. The van der Waals surface area contributed by atoms with Crippen molar-refractivity contribution in [2.45, 2.75) is 25.3 Å². The third-order valence-electron chi connectivity index (χ3n) is 4.32. The van der Waals surface area contributed by atoms with Gasteiger partial charge in [-0.25, -0.2) is 4.79 Å². The summed E-state index contributed by atoms with van der Waals surface area (Å²) in [6.07, 6.45) is 2.24. The lowest BCUT2D eigenvalue weighted by atomic mass is 10.1. The molecule has 2 fully saturated rings. The Balaban J connectivity index is 1.67. The van der Waals surface area contributed by atoms with Gasteiger partial charge in [-0.15, -0.1) is 0 Å². The van der Waals surface area contributed by atoms with Crippen molar-refractivity contribution in [1.29, 1.82) is 0 Å². The van der Waals surface area contributed by atoms with Gasteiger partial charge in [0.2, 0.25) is 0 Å². The average molecular weight is 301 g/mol. The summed E-state index contributed by atoms with van der Waals surface area (Å²) in [6.45, 7) is 1.04. The fourth-order valence-electron chi connectivity index (χ4n) is 3.14. The molecule has 0 aromatic heterocycles. The molecule has 22 heavy (non-hydrogen) atoms. The van der Waals surface area contributed by atoms with E-state index >= 15 is 0 Å². The van der Waals surface area contributed by atoms with E-state index in [1.807, 2.05) is 12.1 Å². The predicted molar refractivity (Wildman–Crippen MR) is 80.4 cm³/mol. The summed E-state index contributed by atoms with van der Waals surface area (Å²) in [7, 11) is 1.59. The summed E-state index contributed by atoms with van der Waals surface area (Å²) >= 11 is 0. The van der Waals surface area contributed by atoms with Crippen molar-refractivity contribution in [2.75, 3.05) is 20.1 Å². The van der Waals surface area contributed by atoms with Gasteiger partial charge < -0.3 is 10.2 Å². The Hall–Kier alpha value is -2.37. The highest BCUT2D eigenvalue weighted by Gasteiger charge is 2.46. The maximum atomic E-state index is 12.2. The van der Waals surface area contributed by atoms with E-state index in [1.165, 1.54) is 4.90 Å². The van der Waals surface area contributed by atoms with Crippen LogP contribution in [0.3, 0.4) is 0 Å². The molecule has 1 aromatic rings. The summed E-state index contributed by atoms with van der Waals surface area (Å²) in [5, 5.41) is 2.58. The van der Waals surface area contributed by atoms with Gasteiger partial charge in [0.1, 0.15) is 6.04 Å². The zero-order valence-electron chi connectivity index (χ0n) is 12.5. The van der Waals surface area contributed by atoms with E-state index in [9.17, 15) is 14.4 Å². The van der Waals surface area contributed by atoms with Gasteiger partial charge in [0.05, 0.1) is 0 Å². The number of carbonyl (C=O) groups excluding carboxylic acids is 3. The fraction of sp³-hybridized carbons (Fsp3) is 0.438. The molecule has 0 aliphatic carbocycles. The number of fused-ring (bicyclic) bond motifs is 1. The Morgan fingerprint density at radius 3 is 2.91 bits per heavy atom. The smallest absolute Gasteiger partial charge is 0.327 e. The summed E-state index contributed by atoms with van der Waals surface area (Å²) in [6, 6.07) is 6.83. The molecule has 116 valence electrons. The lowest BCUT2D eigenvalue weighted by molar-refractivity contribution is -0.127. The van der Waals surface area contributed by atoms with Gasteiger partial charge in [0.15, 0.2) is 0 Å². The van der Waals surface area contributed by atoms with Gasteiger partial charge in [-0.05, 0) is 37.0 Å². The van der Waals surface area contributed by atoms with E-state index in [4.69, 9.17) is 0 Å². The Kier molecular flexibility index (Phi) is 3.83. The number of nitrogens with one attached hydrogen (secondary N) is 1. The summed E-state index contributed by atoms with van der Waals surface area (Å²) in [5.41, 5.74) is 1.52. The highest BCUT2D eigenvalue weighted by Crippen LogP contribution is 2.27. The predicted octanol–water partition coefficient (Wildman–Crippen LogP) is 1.02. The van der Waals surface area contributed by atoms with Gasteiger partial charge in [-0.3, -0.25) is 14.5 Å². The molecule has 1 atom stereocenters. The largest absolute Gasteiger partial charge is 0.355 e. The maximum Gasteiger partial charge on any atom is 0.327 e. The first-order chi connectivity index (χ1) is 10.6. The number of amides is 4. The van der Waals surface area contributed by atoms with E-state index < -0.39 is 0 Å². The van der Waals surface area contributed by atoms with Crippen LogP contribution in [-0.4, -0.2) is 53.8 Å². The molecular formula is C16H19N3O3. The molecule has 0 radical (unpaired) electrons. The Labute approximate surface area is 129 Å². The molecule has 1 unspecified atom stereocenters. The van der Waals surface area contributed by atoms with E-state index in [1.54, 1.807) is 24.1 Å². The van der Waals surface area contributed by atoms with Gasteiger partial charge in [-0.2, -0.15) is 0 Å².